The second kappa shape index (κ2) is 12.5. The van der Waals surface area contributed by atoms with Crippen LogP contribution in [0.5, 0.6) is 5.75 Å². The van der Waals surface area contributed by atoms with Gasteiger partial charge in [0.25, 0.3) is 0 Å². The summed E-state index contributed by atoms with van der Waals surface area (Å²) in [6, 6.07) is 16.7. The Morgan fingerprint density at radius 2 is 1.52 bits per heavy atom. The van der Waals surface area contributed by atoms with Gasteiger partial charge in [-0.3, -0.25) is 14.5 Å². The summed E-state index contributed by atoms with van der Waals surface area (Å²) in [5.74, 6) is -0.352. The van der Waals surface area contributed by atoms with Crippen LogP contribution in [0.1, 0.15) is 77.5 Å². The Balaban J connectivity index is 2.58. The minimum Gasteiger partial charge on any atom is -0.461 e. The summed E-state index contributed by atoms with van der Waals surface area (Å²) in [7, 11) is 0. The van der Waals surface area contributed by atoms with Crippen molar-refractivity contribution < 1.29 is 19.1 Å². The van der Waals surface area contributed by atoms with E-state index in [0.29, 0.717) is 17.8 Å². The molecule has 0 aliphatic carbocycles. The molecule has 5 heteroatoms. The van der Waals surface area contributed by atoms with Gasteiger partial charge in [0.15, 0.2) is 0 Å². The van der Waals surface area contributed by atoms with Gasteiger partial charge in [-0.15, -0.1) is 0 Å². The normalized spacial score (nSPS) is 12.5. The molecule has 0 amide bonds. The average Bonchev–Trinajstić information content (AvgIpc) is 2.75. The van der Waals surface area contributed by atoms with Gasteiger partial charge in [0.05, 0.1) is 5.92 Å². The van der Waals surface area contributed by atoms with Crippen molar-refractivity contribution in [1.29, 1.82) is 0 Å². The summed E-state index contributed by atoms with van der Waals surface area (Å²) in [6.07, 6.45) is 0.837. The molecule has 33 heavy (non-hydrogen) atoms. The highest BCUT2D eigenvalue weighted by molar-refractivity contribution is 5.75. The zero-order chi connectivity index (χ0) is 24.5. The monoisotopic (exact) mass is 453 g/mol. The van der Waals surface area contributed by atoms with Gasteiger partial charge in [-0.1, -0.05) is 56.3 Å². The second-order valence-corrected chi connectivity index (χ2v) is 9.36. The molecule has 0 aromatic heterocycles. The number of carbonyl (C=O) groups is 2. The lowest BCUT2D eigenvalue weighted by Crippen LogP contribution is -2.38. The highest BCUT2D eigenvalue weighted by Gasteiger charge is 2.26. The van der Waals surface area contributed by atoms with E-state index in [-0.39, 0.29) is 30.4 Å². The number of rotatable bonds is 11. The third-order valence-electron chi connectivity index (χ3n) is 5.82. The lowest BCUT2D eigenvalue weighted by Gasteiger charge is -2.33. The fraction of sp³-hybridized carbons (Fsp3) is 0.500. The average molecular weight is 454 g/mol. The number of hydrogen-bond acceptors (Lipinski definition) is 5. The first-order chi connectivity index (χ1) is 15.6. The van der Waals surface area contributed by atoms with Crippen molar-refractivity contribution in [3.8, 4) is 5.75 Å². The van der Waals surface area contributed by atoms with E-state index in [1.54, 1.807) is 0 Å². The number of ether oxygens (including phenoxy) is 2. The molecule has 0 fully saturated rings. The molecule has 0 radical (unpaired) electrons. The number of benzene rings is 2. The zero-order valence-electron chi connectivity index (χ0n) is 21.1. The van der Waals surface area contributed by atoms with Crippen molar-refractivity contribution in [2.45, 2.75) is 79.5 Å². The zero-order valence-corrected chi connectivity index (χ0v) is 21.1. The van der Waals surface area contributed by atoms with Crippen molar-refractivity contribution in [3.63, 3.8) is 0 Å². The van der Waals surface area contributed by atoms with Crippen molar-refractivity contribution in [1.82, 2.24) is 4.90 Å². The maximum Gasteiger partial charge on any atom is 0.313 e. The maximum absolute atomic E-state index is 12.5. The lowest BCUT2D eigenvalue weighted by molar-refractivity contribution is -0.142. The fourth-order valence-corrected chi connectivity index (χ4v) is 4.16. The number of nitrogens with zero attached hydrogens (tertiary/aromatic N) is 1. The van der Waals surface area contributed by atoms with E-state index in [0.717, 1.165) is 29.7 Å². The van der Waals surface area contributed by atoms with E-state index in [2.05, 4.69) is 44.7 Å². The minimum absolute atomic E-state index is 0.0204. The van der Waals surface area contributed by atoms with Crippen LogP contribution in [0.3, 0.4) is 0 Å². The van der Waals surface area contributed by atoms with Crippen LogP contribution in [0, 0.1) is 5.92 Å². The Labute approximate surface area is 199 Å². The van der Waals surface area contributed by atoms with E-state index in [4.69, 9.17) is 9.47 Å². The van der Waals surface area contributed by atoms with Gasteiger partial charge >= 0.3 is 11.9 Å². The molecule has 0 heterocycles. The molecular weight excluding hydrogens is 414 g/mol. The van der Waals surface area contributed by atoms with Crippen LogP contribution in [0.15, 0.2) is 48.5 Å². The summed E-state index contributed by atoms with van der Waals surface area (Å²) in [5, 5.41) is 0. The van der Waals surface area contributed by atoms with Gasteiger partial charge in [-0.25, -0.2) is 0 Å². The lowest BCUT2D eigenvalue weighted by atomic mass is 9.84. The largest absolute Gasteiger partial charge is 0.461 e. The Morgan fingerprint density at radius 1 is 0.879 bits per heavy atom. The summed E-state index contributed by atoms with van der Waals surface area (Å²) >= 11 is 0. The van der Waals surface area contributed by atoms with Gasteiger partial charge in [-0.05, 0) is 57.9 Å². The summed E-state index contributed by atoms with van der Waals surface area (Å²) in [5.41, 5.74) is 2.90. The molecule has 0 saturated heterocycles. The predicted octanol–water partition coefficient (Wildman–Crippen LogP) is 5.95. The van der Waals surface area contributed by atoms with Gasteiger partial charge in [0.2, 0.25) is 0 Å². The second-order valence-electron chi connectivity index (χ2n) is 9.36. The van der Waals surface area contributed by atoms with Crippen molar-refractivity contribution in [3.05, 3.63) is 65.2 Å². The SMILES string of the molecule is CC(=O)OCc1cccc(OC(=O)C(C)C)c1[C@H](CCN(C(C)C)C(C)C)c1ccccc1. The Hall–Kier alpha value is -2.66. The molecule has 0 aliphatic heterocycles. The highest BCUT2D eigenvalue weighted by Crippen LogP contribution is 2.38. The maximum atomic E-state index is 12.5. The molecular formula is C28H39NO4. The molecule has 1 atom stereocenters. The molecule has 0 bridgehead atoms. The van der Waals surface area contributed by atoms with Gasteiger partial charge in [0, 0.05) is 30.5 Å². The van der Waals surface area contributed by atoms with Crippen LogP contribution in [0.25, 0.3) is 0 Å². The molecule has 2 aromatic rings. The van der Waals surface area contributed by atoms with Crippen molar-refractivity contribution >= 4 is 11.9 Å². The highest BCUT2D eigenvalue weighted by atomic mass is 16.5. The predicted molar refractivity (Wildman–Crippen MR) is 132 cm³/mol. The van der Waals surface area contributed by atoms with Crippen LogP contribution in [-0.2, 0) is 20.9 Å². The molecule has 2 rings (SSSR count). The first-order valence-electron chi connectivity index (χ1n) is 11.9. The fourth-order valence-electron chi connectivity index (χ4n) is 4.16. The smallest absolute Gasteiger partial charge is 0.313 e. The molecule has 0 unspecified atom stereocenters. The molecule has 0 saturated carbocycles. The minimum atomic E-state index is -0.340. The van der Waals surface area contributed by atoms with E-state index in [9.17, 15) is 9.59 Å². The van der Waals surface area contributed by atoms with Gasteiger partial charge in [0.1, 0.15) is 12.4 Å². The Morgan fingerprint density at radius 3 is 2.06 bits per heavy atom. The van der Waals surface area contributed by atoms with Crippen LogP contribution < -0.4 is 4.74 Å². The first-order valence-corrected chi connectivity index (χ1v) is 11.9. The molecule has 0 N–H and O–H groups in total. The number of hydrogen-bond donors (Lipinski definition) is 0. The van der Waals surface area contributed by atoms with E-state index in [1.807, 2.05) is 50.2 Å². The van der Waals surface area contributed by atoms with E-state index >= 15 is 0 Å². The first kappa shape index (κ1) is 26.6. The topological polar surface area (TPSA) is 55.8 Å². The molecule has 0 spiro atoms. The van der Waals surface area contributed by atoms with Crippen LogP contribution >= 0.6 is 0 Å². The van der Waals surface area contributed by atoms with Gasteiger partial charge < -0.3 is 9.47 Å². The molecule has 180 valence electrons. The van der Waals surface area contributed by atoms with E-state index in [1.165, 1.54) is 6.92 Å². The van der Waals surface area contributed by atoms with Crippen LogP contribution in [-0.4, -0.2) is 35.5 Å². The molecule has 2 aromatic carbocycles. The Kier molecular flexibility index (Phi) is 10.1. The summed E-state index contributed by atoms with van der Waals surface area (Å²) in [6.45, 7) is 14.9. The quantitative estimate of drug-likeness (QED) is 0.311. The third-order valence-corrected chi connectivity index (χ3v) is 5.82. The summed E-state index contributed by atoms with van der Waals surface area (Å²) < 4.78 is 11.2. The van der Waals surface area contributed by atoms with Crippen LogP contribution in [0.2, 0.25) is 0 Å². The number of esters is 2. The van der Waals surface area contributed by atoms with Crippen LogP contribution in [0.4, 0.5) is 0 Å². The Bertz CT molecular complexity index is 897. The standard InChI is InChI=1S/C28H39NO4/c1-19(2)28(31)33-26-15-11-14-24(18-32-22(7)30)27(26)25(23-12-9-8-10-13-23)16-17-29(20(3)4)21(5)6/h8-15,19-21,25H,16-18H2,1-7H3/t25-/m1/s1. The number of carbonyl (C=O) groups excluding carboxylic acids is 2. The molecule has 0 aliphatic rings. The molecule has 5 nitrogen and oxygen atoms in total. The van der Waals surface area contributed by atoms with Crippen molar-refractivity contribution in [2.24, 2.45) is 5.92 Å². The summed E-state index contributed by atoms with van der Waals surface area (Å²) in [4.78, 5) is 26.6. The van der Waals surface area contributed by atoms with Gasteiger partial charge in [-0.2, -0.15) is 0 Å². The third kappa shape index (κ3) is 7.71. The van der Waals surface area contributed by atoms with Crippen molar-refractivity contribution in [2.75, 3.05) is 6.54 Å². The van der Waals surface area contributed by atoms with E-state index < -0.39 is 0 Å².